The van der Waals surface area contributed by atoms with E-state index in [1.807, 2.05) is 0 Å². The van der Waals surface area contributed by atoms with Gasteiger partial charge in [0.25, 0.3) is 0 Å². The Balaban J connectivity index is 2.47. The molecule has 110 valence electrons. The lowest BCUT2D eigenvalue weighted by Gasteiger charge is -2.16. The van der Waals surface area contributed by atoms with Crippen LogP contribution in [0.15, 0.2) is 0 Å². The van der Waals surface area contributed by atoms with Gasteiger partial charge in [-0.25, -0.2) is 0 Å². The first-order valence-corrected chi connectivity index (χ1v) is 8.31. The number of aliphatic carboxylic acids is 1. The summed E-state index contributed by atoms with van der Waals surface area (Å²) >= 11 is 1.77. The quantitative estimate of drug-likeness (QED) is 0.754. The van der Waals surface area contributed by atoms with Gasteiger partial charge in [-0.3, -0.25) is 9.59 Å². The summed E-state index contributed by atoms with van der Waals surface area (Å²) in [5.41, 5.74) is 0. The normalized spacial score (nSPS) is 28.1. The summed E-state index contributed by atoms with van der Waals surface area (Å²) in [4.78, 5) is 23.3. The highest BCUT2D eigenvalue weighted by atomic mass is 32.2. The number of carboxylic acid groups (broad SMARTS) is 1. The monoisotopic (exact) mass is 287 g/mol. The lowest BCUT2D eigenvalue weighted by Crippen LogP contribution is -2.36. The second-order valence-electron chi connectivity index (χ2n) is 5.42. The molecule has 4 nitrogen and oxygen atoms in total. The molecule has 1 amide bonds. The summed E-state index contributed by atoms with van der Waals surface area (Å²) in [7, 11) is 0. The zero-order valence-electron chi connectivity index (χ0n) is 12.0. The lowest BCUT2D eigenvalue weighted by atomic mass is 9.95. The molecule has 1 aliphatic carbocycles. The van der Waals surface area contributed by atoms with Crippen molar-refractivity contribution < 1.29 is 14.7 Å². The average molecular weight is 287 g/mol. The summed E-state index contributed by atoms with van der Waals surface area (Å²) in [6.45, 7) is 4.82. The standard InChI is InChI=1S/C14H25NO3S/c1-4-10-7-11(12(8-10)14(17)18)13(16)15-6-5-9(2)19-3/h9-12H,4-8H2,1-3H3,(H,15,16)(H,17,18). The third-order valence-electron chi connectivity index (χ3n) is 4.14. The van der Waals surface area contributed by atoms with E-state index >= 15 is 0 Å². The second kappa shape index (κ2) is 7.78. The predicted molar refractivity (Wildman–Crippen MR) is 78.2 cm³/mol. The molecule has 0 heterocycles. The van der Waals surface area contributed by atoms with Gasteiger partial charge >= 0.3 is 5.97 Å². The van der Waals surface area contributed by atoms with Gasteiger partial charge < -0.3 is 10.4 Å². The first-order valence-electron chi connectivity index (χ1n) is 7.02. The Morgan fingerprint density at radius 3 is 2.53 bits per heavy atom. The Kier molecular flexibility index (Phi) is 6.69. The molecular formula is C14H25NO3S. The first kappa shape index (κ1) is 16.3. The molecule has 1 aliphatic rings. The van der Waals surface area contributed by atoms with Crippen LogP contribution in [0.2, 0.25) is 0 Å². The number of carbonyl (C=O) groups excluding carboxylic acids is 1. The Labute approximate surface area is 119 Å². The Morgan fingerprint density at radius 2 is 2.00 bits per heavy atom. The summed E-state index contributed by atoms with van der Waals surface area (Å²) in [5, 5.41) is 12.6. The Morgan fingerprint density at radius 1 is 1.37 bits per heavy atom. The van der Waals surface area contributed by atoms with Crippen LogP contribution in [0.1, 0.15) is 39.5 Å². The van der Waals surface area contributed by atoms with Crippen molar-refractivity contribution in [3.8, 4) is 0 Å². The van der Waals surface area contributed by atoms with Crippen LogP contribution in [0, 0.1) is 17.8 Å². The van der Waals surface area contributed by atoms with Crippen LogP contribution in [-0.4, -0.2) is 35.0 Å². The van der Waals surface area contributed by atoms with E-state index in [0.717, 1.165) is 19.3 Å². The lowest BCUT2D eigenvalue weighted by molar-refractivity contribution is -0.146. The van der Waals surface area contributed by atoms with Gasteiger partial charge in [-0.15, -0.1) is 0 Å². The second-order valence-corrected chi connectivity index (χ2v) is 6.70. The van der Waals surface area contributed by atoms with Crippen LogP contribution in [0.4, 0.5) is 0 Å². The van der Waals surface area contributed by atoms with Crippen molar-refractivity contribution in [3.05, 3.63) is 0 Å². The molecule has 0 bridgehead atoms. The zero-order chi connectivity index (χ0) is 14.4. The Bertz CT molecular complexity index is 322. The maximum Gasteiger partial charge on any atom is 0.307 e. The molecule has 0 saturated heterocycles. The van der Waals surface area contributed by atoms with Gasteiger partial charge in [0.15, 0.2) is 0 Å². The van der Waals surface area contributed by atoms with Gasteiger partial charge in [0.1, 0.15) is 0 Å². The molecule has 0 radical (unpaired) electrons. The molecule has 0 aromatic heterocycles. The van der Waals surface area contributed by atoms with E-state index < -0.39 is 11.9 Å². The summed E-state index contributed by atoms with van der Waals surface area (Å²) in [6, 6.07) is 0. The van der Waals surface area contributed by atoms with Crippen molar-refractivity contribution in [1.29, 1.82) is 0 Å². The van der Waals surface area contributed by atoms with E-state index in [2.05, 4.69) is 25.4 Å². The fraction of sp³-hybridized carbons (Fsp3) is 0.857. The van der Waals surface area contributed by atoms with Crippen molar-refractivity contribution in [2.24, 2.45) is 17.8 Å². The fourth-order valence-electron chi connectivity index (χ4n) is 2.69. The van der Waals surface area contributed by atoms with Crippen LogP contribution >= 0.6 is 11.8 Å². The summed E-state index contributed by atoms with van der Waals surface area (Å²) in [5.74, 6) is -1.36. The minimum absolute atomic E-state index is 0.0725. The highest BCUT2D eigenvalue weighted by Crippen LogP contribution is 2.38. The zero-order valence-corrected chi connectivity index (χ0v) is 12.8. The number of thioether (sulfide) groups is 1. The van der Waals surface area contributed by atoms with E-state index in [1.54, 1.807) is 11.8 Å². The molecule has 4 atom stereocenters. The fourth-order valence-corrected chi connectivity index (χ4v) is 3.04. The molecule has 0 aliphatic heterocycles. The third kappa shape index (κ3) is 4.71. The van der Waals surface area contributed by atoms with E-state index in [1.165, 1.54) is 0 Å². The first-order chi connectivity index (χ1) is 8.99. The molecule has 1 saturated carbocycles. The van der Waals surface area contributed by atoms with E-state index in [4.69, 9.17) is 0 Å². The largest absolute Gasteiger partial charge is 0.481 e. The summed E-state index contributed by atoms with van der Waals surface area (Å²) < 4.78 is 0. The number of carbonyl (C=O) groups is 2. The van der Waals surface area contributed by atoms with Crippen LogP contribution in [0.3, 0.4) is 0 Å². The van der Waals surface area contributed by atoms with Gasteiger partial charge in [0, 0.05) is 11.8 Å². The van der Waals surface area contributed by atoms with E-state index in [9.17, 15) is 14.7 Å². The molecule has 0 spiro atoms. The van der Waals surface area contributed by atoms with Crippen molar-refractivity contribution in [2.75, 3.05) is 12.8 Å². The molecule has 0 aromatic carbocycles. The highest BCUT2D eigenvalue weighted by molar-refractivity contribution is 7.99. The number of hydrogen-bond donors (Lipinski definition) is 2. The van der Waals surface area contributed by atoms with Gasteiger partial charge in [-0.05, 0) is 31.4 Å². The van der Waals surface area contributed by atoms with Crippen molar-refractivity contribution in [1.82, 2.24) is 5.32 Å². The number of amides is 1. The van der Waals surface area contributed by atoms with E-state index in [-0.39, 0.29) is 11.8 Å². The topological polar surface area (TPSA) is 66.4 Å². The average Bonchev–Trinajstić information content (AvgIpc) is 2.82. The molecule has 0 aromatic rings. The maximum absolute atomic E-state index is 12.1. The van der Waals surface area contributed by atoms with Crippen molar-refractivity contribution in [3.63, 3.8) is 0 Å². The van der Waals surface area contributed by atoms with Crippen LogP contribution in [0.25, 0.3) is 0 Å². The van der Waals surface area contributed by atoms with Gasteiger partial charge in [-0.2, -0.15) is 11.8 Å². The smallest absolute Gasteiger partial charge is 0.307 e. The molecule has 1 fully saturated rings. The SMILES string of the molecule is CCC1CC(C(=O)O)C(C(=O)NCCC(C)SC)C1. The number of nitrogens with one attached hydrogen (secondary N) is 1. The number of carboxylic acids is 1. The van der Waals surface area contributed by atoms with Crippen LogP contribution in [-0.2, 0) is 9.59 Å². The summed E-state index contributed by atoms with van der Waals surface area (Å²) in [6.07, 6.45) is 5.30. The molecule has 2 N–H and O–H groups in total. The van der Waals surface area contributed by atoms with Crippen molar-refractivity contribution in [2.45, 2.75) is 44.8 Å². The van der Waals surface area contributed by atoms with E-state index in [0.29, 0.717) is 24.1 Å². The highest BCUT2D eigenvalue weighted by Gasteiger charge is 2.41. The maximum atomic E-state index is 12.1. The number of hydrogen-bond acceptors (Lipinski definition) is 3. The minimum Gasteiger partial charge on any atom is -0.481 e. The van der Waals surface area contributed by atoms with Gasteiger partial charge in [-0.1, -0.05) is 20.3 Å². The van der Waals surface area contributed by atoms with Crippen molar-refractivity contribution >= 4 is 23.6 Å². The van der Waals surface area contributed by atoms with Gasteiger partial charge in [0.2, 0.25) is 5.91 Å². The van der Waals surface area contributed by atoms with Crippen LogP contribution in [0.5, 0.6) is 0 Å². The van der Waals surface area contributed by atoms with Gasteiger partial charge in [0.05, 0.1) is 11.8 Å². The number of rotatable bonds is 7. The molecule has 19 heavy (non-hydrogen) atoms. The molecule has 5 heteroatoms. The molecule has 1 rings (SSSR count). The minimum atomic E-state index is -0.825. The Hall–Kier alpha value is -0.710. The predicted octanol–water partition coefficient (Wildman–Crippen LogP) is 2.38. The molecule has 4 unspecified atom stereocenters. The van der Waals surface area contributed by atoms with Crippen LogP contribution < -0.4 is 5.32 Å². The third-order valence-corrected chi connectivity index (χ3v) is 5.18. The molecular weight excluding hydrogens is 262 g/mol.